The third-order valence-electron chi connectivity index (χ3n) is 8.98. The van der Waals surface area contributed by atoms with Crippen LogP contribution in [0.2, 0.25) is 0 Å². The van der Waals surface area contributed by atoms with Crippen molar-refractivity contribution in [2.45, 2.75) is 6.61 Å². The number of rotatable bonds is 6. The van der Waals surface area contributed by atoms with E-state index in [4.69, 9.17) is 9.15 Å². The van der Waals surface area contributed by atoms with Gasteiger partial charge in [0.25, 0.3) is 0 Å². The van der Waals surface area contributed by atoms with Gasteiger partial charge in [-0.05, 0) is 71.3 Å². The summed E-state index contributed by atoms with van der Waals surface area (Å²) in [6.45, 7) is 4.25. The first kappa shape index (κ1) is 26.3. The van der Waals surface area contributed by atoms with Crippen LogP contribution in [0.25, 0.3) is 71.3 Å². The van der Waals surface area contributed by atoms with Crippen molar-refractivity contribution in [2.75, 3.05) is 0 Å². The number of hydrogen-bond donors (Lipinski definition) is 0. The Morgan fingerprint density at radius 1 is 0.609 bits per heavy atom. The van der Waals surface area contributed by atoms with E-state index in [1.807, 2.05) is 36.4 Å². The number of nitrogens with zero attached hydrogens (tertiary/aromatic N) is 2. The van der Waals surface area contributed by atoms with Crippen LogP contribution in [0.3, 0.4) is 0 Å². The van der Waals surface area contributed by atoms with Crippen LogP contribution < -0.4 is 4.74 Å². The molecular weight excluding hydrogens is 564 g/mol. The van der Waals surface area contributed by atoms with Gasteiger partial charge in [0.05, 0.1) is 16.4 Å². The second-order valence-electron chi connectivity index (χ2n) is 11.6. The monoisotopic (exact) mass is 592 g/mol. The number of aromatic nitrogens is 1. The normalized spacial score (nSPS) is 11.7. The van der Waals surface area contributed by atoms with Crippen LogP contribution in [0.1, 0.15) is 5.56 Å². The molecule has 2 aromatic heterocycles. The SMILES string of the molecule is C=Nc1c(OCc2ccc(-c3ccc4c(c3)c3ccc5ccccc5c3n4-c3ccccc3)cc2)ccc2oc3ccccc3c12. The lowest BCUT2D eigenvalue weighted by molar-refractivity contribution is 0.308. The summed E-state index contributed by atoms with van der Waals surface area (Å²) in [6.07, 6.45) is 0. The largest absolute Gasteiger partial charge is 0.487 e. The molecule has 0 spiro atoms. The van der Waals surface area contributed by atoms with E-state index in [-0.39, 0.29) is 0 Å². The molecule has 0 N–H and O–H groups in total. The van der Waals surface area contributed by atoms with Crippen LogP contribution in [0, 0.1) is 0 Å². The Morgan fingerprint density at radius 2 is 1.37 bits per heavy atom. The lowest BCUT2D eigenvalue weighted by atomic mass is 10.0. The minimum absolute atomic E-state index is 0.417. The van der Waals surface area contributed by atoms with Gasteiger partial charge in [-0.3, -0.25) is 4.99 Å². The standard InChI is InChI=1S/C42H28N2O2/c1-43-41-39(24-23-38-40(41)34-13-7-8-14-37(34)46-38)45-26-27-15-17-28(18-16-27)30-20-22-36-35(25-30)33-21-19-29-9-5-6-12-32(29)42(33)44(36)31-10-3-2-4-11-31/h2-25H,1,26H2. The van der Waals surface area contributed by atoms with Crippen molar-refractivity contribution in [1.82, 2.24) is 4.57 Å². The summed E-state index contributed by atoms with van der Waals surface area (Å²) in [5, 5.41) is 6.91. The zero-order chi connectivity index (χ0) is 30.6. The number of benzene rings is 7. The van der Waals surface area contributed by atoms with Gasteiger partial charge in [0.2, 0.25) is 0 Å². The molecule has 0 atom stereocenters. The van der Waals surface area contributed by atoms with Gasteiger partial charge >= 0.3 is 0 Å². The van der Waals surface area contributed by atoms with Crippen molar-refractivity contribution < 1.29 is 9.15 Å². The summed E-state index contributed by atoms with van der Waals surface area (Å²) in [7, 11) is 0. The number of furan rings is 1. The summed E-state index contributed by atoms with van der Waals surface area (Å²) < 4.78 is 14.7. The highest BCUT2D eigenvalue weighted by Gasteiger charge is 2.17. The maximum absolute atomic E-state index is 6.29. The van der Waals surface area contributed by atoms with Crippen molar-refractivity contribution in [2.24, 2.45) is 4.99 Å². The molecule has 9 rings (SSSR count). The molecule has 4 nitrogen and oxygen atoms in total. The van der Waals surface area contributed by atoms with E-state index in [9.17, 15) is 0 Å². The second-order valence-corrected chi connectivity index (χ2v) is 11.6. The Bertz CT molecular complexity index is 2590. The smallest absolute Gasteiger partial charge is 0.146 e. The zero-order valence-electron chi connectivity index (χ0n) is 25.0. The Balaban J connectivity index is 1.07. The van der Waals surface area contributed by atoms with Gasteiger partial charge in [0.1, 0.15) is 29.2 Å². The van der Waals surface area contributed by atoms with Crippen LogP contribution in [0.15, 0.2) is 155 Å². The molecule has 0 saturated heterocycles. The molecule has 0 aliphatic carbocycles. The summed E-state index contributed by atoms with van der Waals surface area (Å²) in [6, 6.07) is 51.0. The van der Waals surface area contributed by atoms with Crippen molar-refractivity contribution in [3.05, 3.63) is 151 Å². The maximum Gasteiger partial charge on any atom is 0.146 e. The fraction of sp³-hybridized carbons (Fsp3) is 0.0238. The van der Waals surface area contributed by atoms with Gasteiger partial charge in [-0.2, -0.15) is 0 Å². The molecule has 4 heteroatoms. The van der Waals surface area contributed by atoms with Gasteiger partial charge < -0.3 is 13.7 Å². The fourth-order valence-electron chi connectivity index (χ4n) is 6.81. The minimum Gasteiger partial charge on any atom is -0.487 e. The zero-order valence-corrected chi connectivity index (χ0v) is 25.0. The number of fused-ring (bicyclic) bond motifs is 8. The Kier molecular flexibility index (Phi) is 6.00. The lowest BCUT2D eigenvalue weighted by Crippen LogP contribution is -1.96. The highest BCUT2D eigenvalue weighted by atomic mass is 16.5. The summed E-state index contributed by atoms with van der Waals surface area (Å²) in [4.78, 5) is 4.33. The molecule has 9 aromatic rings. The first-order chi connectivity index (χ1) is 22.8. The highest BCUT2D eigenvalue weighted by molar-refractivity contribution is 6.19. The van der Waals surface area contributed by atoms with Gasteiger partial charge in [0.15, 0.2) is 0 Å². The third kappa shape index (κ3) is 4.11. The molecule has 2 heterocycles. The molecule has 0 bridgehead atoms. The van der Waals surface area contributed by atoms with Crippen LogP contribution in [-0.2, 0) is 6.61 Å². The van der Waals surface area contributed by atoms with Crippen LogP contribution in [0.4, 0.5) is 5.69 Å². The molecule has 218 valence electrons. The van der Waals surface area contributed by atoms with E-state index in [2.05, 4.69) is 125 Å². The number of aliphatic imine (C=N–C) groups is 1. The first-order valence-corrected chi connectivity index (χ1v) is 15.4. The molecule has 0 radical (unpaired) electrons. The summed E-state index contributed by atoms with van der Waals surface area (Å²) in [5.74, 6) is 0.686. The average molecular weight is 593 g/mol. The number of para-hydroxylation sites is 2. The van der Waals surface area contributed by atoms with Gasteiger partial charge in [-0.25, -0.2) is 0 Å². The van der Waals surface area contributed by atoms with Crippen LogP contribution in [-0.4, -0.2) is 11.3 Å². The molecular formula is C42H28N2O2. The maximum atomic E-state index is 6.29. The number of ether oxygens (including phenoxy) is 1. The van der Waals surface area contributed by atoms with Gasteiger partial charge in [-0.15, -0.1) is 0 Å². The first-order valence-electron chi connectivity index (χ1n) is 15.4. The van der Waals surface area contributed by atoms with E-state index < -0.39 is 0 Å². The Morgan fingerprint density at radius 3 is 2.22 bits per heavy atom. The highest BCUT2D eigenvalue weighted by Crippen LogP contribution is 2.42. The quantitative estimate of drug-likeness (QED) is 0.180. The molecule has 7 aromatic carbocycles. The molecule has 0 fully saturated rings. The van der Waals surface area contributed by atoms with Crippen LogP contribution >= 0.6 is 0 Å². The second kappa shape index (κ2) is 10.5. The van der Waals surface area contributed by atoms with Gasteiger partial charge in [-0.1, -0.05) is 103 Å². The Hall–Kier alpha value is -6.13. The van der Waals surface area contributed by atoms with E-state index in [0.717, 1.165) is 38.8 Å². The topological polar surface area (TPSA) is 39.7 Å². The molecule has 0 saturated carbocycles. The minimum atomic E-state index is 0.417. The van der Waals surface area contributed by atoms with E-state index in [0.29, 0.717) is 18.0 Å². The summed E-state index contributed by atoms with van der Waals surface area (Å²) in [5.41, 5.74) is 9.30. The van der Waals surface area contributed by atoms with Crippen molar-refractivity contribution in [3.63, 3.8) is 0 Å². The predicted molar refractivity (Wildman–Crippen MR) is 191 cm³/mol. The average Bonchev–Trinajstić information content (AvgIpc) is 3.67. The third-order valence-corrected chi connectivity index (χ3v) is 8.98. The van der Waals surface area contributed by atoms with Crippen molar-refractivity contribution >= 4 is 66.9 Å². The molecule has 0 aliphatic rings. The van der Waals surface area contributed by atoms with Crippen molar-refractivity contribution in [3.8, 4) is 22.6 Å². The lowest BCUT2D eigenvalue weighted by Gasteiger charge is -2.11. The number of hydrogen-bond acceptors (Lipinski definition) is 3. The Labute approximate surface area is 265 Å². The molecule has 0 aliphatic heterocycles. The van der Waals surface area contributed by atoms with E-state index in [1.165, 1.54) is 38.1 Å². The molecule has 46 heavy (non-hydrogen) atoms. The van der Waals surface area contributed by atoms with E-state index >= 15 is 0 Å². The van der Waals surface area contributed by atoms with Crippen LogP contribution in [0.5, 0.6) is 5.75 Å². The molecule has 0 amide bonds. The van der Waals surface area contributed by atoms with E-state index in [1.54, 1.807) is 0 Å². The molecule has 0 unspecified atom stereocenters. The van der Waals surface area contributed by atoms with Crippen molar-refractivity contribution in [1.29, 1.82) is 0 Å². The summed E-state index contributed by atoms with van der Waals surface area (Å²) >= 11 is 0. The van der Waals surface area contributed by atoms with Gasteiger partial charge in [0, 0.05) is 27.2 Å². The fourth-order valence-corrected chi connectivity index (χ4v) is 6.81. The predicted octanol–water partition coefficient (Wildman–Crippen LogP) is 11.4.